The highest BCUT2D eigenvalue weighted by Crippen LogP contribution is 2.16. The van der Waals surface area contributed by atoms with Gasteiger partial charge in [-0.05, 0) is 37.1 Å². The average molecular weight is 487 g/mol. The first kappa shape index (κ1) is 25.8. The molecule has 3 rings (SSSR count). The minimum absolute atomic E-state index is 0.0339. The Morgan fingerprint density at radius 1 is 1.06 bits per heavy atom. The molecular weight excluding hydrogens is 452 g/mol. The molecule has 0 aliphatic carbocycles. The van der Waals surface area contributed by atoms with E-state index in [2.05, 4.69) is 15.6 Å². The minimum Gasteiger partial charge on any atom is -0.391 e. The third kappa shape index (κ3) is 7.09. The molecule has 0 aromatic heterocycles. The van der Waals surface area contributed by atoms with Crippen molar-refractivity contribution in [2.24, 2.45) is 22.2 Å². The Labute approximate surface area is 204 Å². The lowest BCUT2D eigenvalue weighted by atomic mass is 10.1. The summed E-state index contributed by atoms with van der Waals surface area (Å²) in [7, 11) is 0. The van der Waals surface area contributed by atoms with Crippen LogP contribution in [0, 0.1) is 0 Å². The first-order valence-electron chi connectivity index (χ1n) is 11.7. The number of nitrogens with zero attached hydrogens (tertiary/aromatic N) is 3. The Balaban J connectivity index is 1.69. The molecule has 8 N–H and O–H groups in total. The molecule has 0 saturated carbocycles. The maximum atomic E-state index is 12.6. The van der Waals surface area contributed by atoms with Crippen LogP contribution in [0.25, 0.3) is 0 Å². The number of carbonyl (C=O) groups excluding carboxylic acids is 3. The standard InChI is InChI=1S/C23H34N8O4/c1-2-18(32)31-9-3-4-17(14-31)28-23(26)29-21(19(24)20(25)33)27-16-7-5-15(6-8-16)22(34)30-10-12-35-13-11-30/h5-8,17,27H,2-4,9-14,24H2,1H3,(H2,25,33)(H3,26,28,29)/b21-19-. The van der Waals surface area contributed by atoms with Crippen molar-refractivity contribution in [3.63, 3.8) is 0 Å². The molecular formula is C23H34N8O4. The van der Waals surface area contributed by atoms with Crippen molar-refractivity contribution in [2.45, 2.75) is 32.2 Å². The normalized spacial score (nSPS) is 19.6. The molecule has 1 atom stereocenters. The van der Waals surface area contributed by atoms with Crippen LogP contribution < -0.4 is 27.8 Å². The van der Waals surface area contributed by atoms with Crippen LogP contribution >= 0.6 is 0 Å². The van der Waals surface area contributed by atoms with Crippen LogP contribution in [0.2, 0.25) is 0 Å². The Hall–Kier alpha value is -3.80. The van der Waals surface area contributed by atoms with Crippen molar-refractivity contribution in [2.75, 3.05) is 44.7 Å². The van der Waals surface area contributed by atoms with Gasteiger partial charge in [-0.25, -0.2) is 4.99 Å². The van der Waals surface area contributed by atoms with Gasteiger partial charge in [0.15, 0.2) is 5.96 Å². The number of morpholine rings is 1. The lowest BCUT2D eigenvalue weighted by molar-refractivity contribution is -0.132. The largest absolute Gasteiger partial charge is 0.391 e. The van der Waals surface area contributed by atoms with Crippen molar-refractivity contribution in [3.05, 3.63) is 41.3 Å². The summed E-state index contributed by atoms with van der Waals surface area (Å²) in [5, 5.41) is 5.80. The molecule has 2 heterocycles. The van der Waals surface area contributed by atoms with Crippen LogP contribution in [0.4, 0.5) is 5.69 Å². The van der Waals surface area contributed by atoms with Crippen LogP contribution in [0.15, 0.2) is 40.8 Å². The van der Waals surface area contributed by atoms with Crippen LogP contribution in [-0.2, 0) is 14.3 Å². The van der Waals surface area contributed by atoms with Gasteiger partial charge in [-0.1, -0.05) is 6.92 Å². The van der Waals surface area contributed by atoms with E-state index in [-0.39, 0.29) is 35.3 Å². The van der Waals surface area contributed by atoms with Crippen LogP contribution in [0.5, 0.6) is 0 Å². The second kappa shape index (κ2) is 12.1. The zero-order valence-corrected chi connectivity index (χ0v) is 20.0. The van der Waals surface area contributed by atoms with E-state index < -0.39 is 5.91 Å². The summed E-state index contributed by atoms with van der Waals surface area (Å²) < 4.78 is 5.29. The summed E-state index contributed by atoms with van der Waals surface area (Å²) in [5.74, 6) is -0.740. The van der Waals surface area contributed by atoms with Crippen LogP contribution in [0.3, 0.4) is 0 Å². The predicted octanol–water partition coefficient (Wildman–Crippen LogP) is -0.511. The number of amides is 3. The molecule has 1 unspecified atom stereocenters. The van der Waals surface area contributed by atoms with Crippen molar-refractivity contribution in [1.82, 2.24) is 15.1 Å². The Bertz CT molecular complexity index is 986. The fourth-order valence-corrected chi connectivity index (χ4v) is 3.95. The third-order valence-electron chi connectivity index (χ3n) is 5.86. The molecule has 35 heavy (non-hydrogen) atoms. The van der Waals surface area contributed by atoms with Gasteiger partial charge in [0.2, 0.25) is 5.91 Å². The molecule has 0 radical (unpaired) electrons. The number of aliphatic imine (C=N–C) groups is 1. The number of piperidine rings is 1. The molecule has 1 aromatic rings. The van der Waals surface area contributed by atoms with Gasteiger partial charge in [0.1, 0.15) is 11.5 Å². The van der Waals surface area contributed by atoms with Gasteiger partial charge in [0.25, 0.3) is 11.8 Å². The summed E-state index contributed by atoms with van der Waals surface area (Å²) in [4.78, 5) is 44.4. The molecule has 3 amide bonds. The van der Waals surface area contributed by atoms with Gasteiger partial charge in [0, 0.05) is 43.9 Å². The first-order chi connectivity index (χ1) is 16.8. The van der Waals surface area contributed by atoms with E-state index in [1.165, 1.54) is 0 Å². The zero-order chi connectivity index (χ0) is 25.4. The van der Waals surface area contributed by atoms with Gasteiger partial charge >= 0.3 is 0 Å². The summed E-state index contributed by atoms with van der Waals surface area (Å²) in [6, 6.07) is 6.56. The number of rotatable bonds is 7. The van der Waals surface area contributed by atoms with Crippen molar-refractivity contribution < 1.29 is 19.1 Å². The minimum atomic E-state index is -0.843. The van der Waals surface area contributed by atoms with Gasteiger partial charge in [-0.2, -0.15) is 0 Å². The Morgan fingerprint density at radius 3 is 2.37 bits per heavy atom. The molecule has 2 fully saturated rings. The van der Waals surface area contributed by atoms with Gasteiger partial charge in [0.05, 0.1) is 19.3 Å². The maximum absolute atomic E-state index is 12.6. The smallest absolute Gasteiger partial charge is 0.268 e. The monoisotopic (exact) mass is 486 g/mol. The van der Waals surface area contributed by atoms with E-state index in [0.717, 1.165) is 12.8 Å². The number of anilines is 1. The van der Waals surface area contributed by atoms with E-state index in [1.807, 2.05) is 6.92 Å². The Morgan fingerprint density at radius 2 is 1.74 bits per heavy atom. The number of benzene rings is 1. The molecule has 0 bridgehead atoms. The average Bonchev–Trinajstić information content (AvgIpc) is 2.88. The van der Waals surface area contributed by atoms with Crippen LogP contribution in [-0.4, -0.2) is 78.9 Å². The van der Waals surface area contributed by atoms with Gasteiger partial charge < -0.3 is 42.4 Å². The fraction of sp³-hybridized carbons (Fsp3) is 0.478. The first-order valence-corrected chi connectivity index (χ1v) is 11.7. The second-order valence-corrected chi connectivity index (χ2v) is 8.39. The highest BCUT2D eigenvalue weighted by atomic mass is 16.5. The number of hydrogen-bond acceptors (Lipinski definition) is 7. The number of guanidine groups is 1. The zero-order valence-electron chi connectivity index (χ0n) is 20.0. The highest BCUT2D eigenvalue weighted by Gasteiger charge is 2.23. The van der Waals surface area contributed by atoms with Crippen molar-refractivity contribution in [1.29, 1.82) is 0 Å². The second-order valence-electron chi connectivity index (χ2n) is 8.39. The van der Waals surface area contributed by atoms with Gasteiger partial charge in [-0.15, -0.1) is 0 Å². The van der Waals surface area contributed by atoms with Crippen molar-refractivity contribution in [3.8, 4) is 0 Å². The van der Waals surface area contributed by atoms with Gasteiger partial charge in [-0.3, -0.25) is 14.4 Å². The molecule has 190 valence electrons. The topological polar surface area (TPSA) is 181 Å². The molecule has 2 aliphatic rings. The number of nitrogens with two attached hydrogens (primary N) is 3. The maximum Gasteiger partial charge on any atom is 0.268 e. The molecule has 2 saturated heterocycles. The number of nitrogens with one attached hydrogen (secondary N) is 2. The summed E-state index contributed by atoms with van der Waals surface area (Å²) in [6.07, 6.45) is 2.05. The quantitative estimate of drug-likeness (QED) is 0.194. The molecule has 0 spiro atoms. The molecule has 1 aromatic carbocycles. The van der Waals surface area contributed by atoms with E-state index >= 15 is 0 Å². The van der Waals surface area contributed by atoms with E-state index in [0.29, 0.717) is 57.1 Å². The van der Waals surface area contributed by atoms with E-state index in [9.17, 15) is 14.4 Å². The van der Waals surface area contributed by atoms with Crippen LogP contribution in [0.1, 0.15) is 36.5 Å². The van der Waals surface area contributed by atoms with Crippen molar-refractivity contribution >= 4 is 29.4 Å². The fourth-order valence-electron chi connectivity index (χ4n) is 3.95. The molecule has 12 heteroatoms. The number of likely N-dealkylation sites (tertiary alicyclic amines) is 1. The number of ether oxygens (including phenoxy) is 1. The summed E-state index contributed by atoms with van der Waals surface area (Å²) in [5.41, 5.74) is 18.2. The predicted molar refractivity (Wildman–Crippen MR) is 132 cm³/mol. The summed E-state index contributed by atoms with van der Waals surface area (Å²) in [6.45, 7) is 5.15. The summed E-state index contributed by atoms with van der Waals surface area (Å²) >= 11 is 0. The van der Waals surface area contributed by atoms with E-state index in [1.54, 1.807) is 34.1 Å². The lowest BCUT2D eigenvalue weighted by Crippen LogP contribution is -2.44. The highest BCUT2D eigenvalue weighted by molar-refractivity contribution is 5.95. The number of carbonyl (C=O) groups is 3. The lowest BCUT2D eigenvalue weighted by Gasteiger charge is -2.31. The third-order valence-corrected chi connectivity index (χ3v) is 5.86. The number of primary amides is 1. The Kier molecular flexibility index (Phi) is 8.90. The molecule has 2 aliphatic heterocycles. The number of hydrogen-bond donors (Lipinski definition) is 5. The molecule has 12 nitrogen and oxygen atoms in total. The van der Waals surface area contributed by atoms with E-state index in [4.69, 9.17) is 21.9 Å². The SMILES string of the molecule is CCC(=O)N1CCCC(N=C(N)N/C(Nc2ccc(C(=O)N3CCOCC3)cc2)=C(\N)C(N)=O)C1.